The standard InChI is InChI=1S/C36H45ClN8O3S/c1-45-31(18-24-20-40-28-11-4-3-10-27(24)28)34(47)42-21-25-17-26(37)22-43-35(25)49-32-14-5-2-9-23(32)19-41-29(13-8-16-39)33(46)44-30(36(45)48)12-6-7-15-38/h2-5,9-11,14,17,20,22,29-31,40-41H,6-8,12-13,15-16,18-19,21,38-39H2,1H3,(H,42,47)(H,44,46)/t29-,30-,31-/m0/s1. The van der Waals surface area contributed by atoms with Gasteiger partial charge in [0.2, 0.25) is 17.7 Å². The molecular formula is C36H45ClN8O3S. The third-order valence-corrected chi connectivity index (χ3v) is 10.2. The average Bonchev–Trinajstić information content (AvgIpc) is 3.52. The number of para-hydroxylation sites is 1. The molecule has 3 heterocycles. The zero-order valence-electron chi connectivity index (χ0n) is 27.7. The largest absolute Gasteiger partial charge is 0.361 e. The van der Waals surface area contributed by atoms with Crippen molar-refractivity contribution in [3.63, 3.8) is 0 Å². The minimum atomic E-state index is -0.883. The molecule has 4 aromatic rings. The van der Waals surface area contributed by atoms with E-state index in [1.807, 2.05) is 54.7 Å². The van der Waals surface area contributed by atoms with Crippen molar-refractivity contribution < 1.29 is 14.4 Å². The second kappa shape index (κ2) is 17.6. The number of pyridine rings is 1. The number of H-pyrrole nitrogens is 1. The van der Waals surface area contributed by atoms with Gasteiger partial charge in [-0.15, -0.1) is 0 Å². The van der Waals surface area contributed by atoms with Gasteiger partial charge < -0.3 is 37.3 Å². The number of unbranched alkanes of at least 4 members (excludes halogenated alkanes) is 1. The highest BCUT2D eigenvalue weighted by molar-refractivity contribution is 7.99. The molecule has 2 aromatic carbocycles. The number of rotatable bonds is 9. The SMILES string of the molecule is CN1C(=O)[C@H](CCCCN)NC(=O)[C@H](CCCN)NCc2ccccc2Sc2ncc(Cl)cc2CNC(=O)[C@@H]1Cc1c[nH]c2ccccc12. The van der Waals surface area contributed by atoms with Crippen LogP contribution in [-0.2, 0) is 33.9 Å². The number of aromatic nitrogens is 2. The number of nitrogens with two attached hydrogens (primary N) is 2. The molecule has 0 bridgehead atoms. The number of amides is 3. The van der Waals surface area contributed by atoms with Crippen molar-refractivity contribution >= 4 is 52.0 Å². The van der Waals surface area contributed by atoms with E-state index in [0.717, 1.165) is 32.5 Å². The molecule has 13 heteroatoms. The fraction of sp³-hybridized carbons (Fsp3) is 0.389. The minimum Gasteiger partial charge on any atom is -0.361 e. The number of hydrogen-bond donors (Lipinski definition) is 6. The maximum Gasteiger partial charge on any atom is 0.245 e. The first kappa shape index (κ1) is 36.3. The van der Waals surface area contributed by atoms with E-state index in [1.54, 1.807) is 19.3 Å². The number of hydrogen-bond acceptors (Lipinski definition) is 8. The fourth-order valence-corrected chi connectivity index (χ4v) is 7.23. The number of carbonyl (C=O) groups is 3. The average molecular weight is 705 g/mol. The lowest BCUT2D eigenvalue weighted by atomic mass is 10.0. The minimum absolute atomic E-state index is 0.152. The van der Waals surface area contributed by atoms with E-state index < -0.39 is 18.1 Å². The summed E-state index contributed by atoms with van der Waals surface area (Å²) in [6, 6.07) is 15.2. The molecule has 0 saturated heterocycles. The molecule has 0 aliphatic carbocycles. The Morgan fingerprint density at radius 1 is 0.918 bits per heavy atom. The van der Waals surface area contributed by atoms with Crippen LogP contribution < -0.4 is 27.4 Å². The number of nitrogens with one attached hydrogen (secondary N) is 4. The van der Waals surface area contributed by atoms with Gasteiger partial charge in [-0.25, -0.2) is 4.98 Å². The molecule has 1 aliphatic rings. The molecule has 8 N–H and O–H groups in total. The highest BCUT2D eigenvalue weighted by atomic mass is 35.5. The summed E-state index contributed by atoms with van der Waals surface area (Å²) >= 11 is 7.87. The first-order valence-electron chi connectivity index (χ1n) is 16.7. The normalized spacial score (nSPS) is 19.6. The third kappa shape index (κ3) is 9.40. The molecule has 0 fully saturated rings. The van der Waals surface area contributed by atoms with Gasteiger partial charge in [-0.3, -0.25) is 14.4 Å². The van der Waals surface area contributed by atoms with Crippen LogP contribution in [0.15, 0.2) is 76.9 Å². The van der Waals surface area contributed by atoms with Gasteiger partial charge in [-0.1, -0.05) is 59.8 Å². The summed E-state index contributed by atoms with van der Waals surface area (Å²) in [7, 11) is 1.63. The highest BCUT2D eigenvalue weighted by Crippen LogP contribution is 2.33. The number of carbonyl (C=O) groups excluding carboxylic acids is 3. The van der Waals surface area contributed by atoms with Crippen LogP contribution in [0, 0.1) is 0 Å². The molecule has 260 valence electrons. The van der Waals surface area contributed by atoms with E-state index in [1.165, 1.54) is 16.7 Å². The lowest BCUT2D eigenvalue weighted by Gasteiger charge is -2.32. The summed E-state index contributed by atoms with van der Waals surface area (Å²) in [4.78, 5) is 52.7. The summed E-state index contributed by atoms with van der Waals surface area (Å²) in [6.45, 7) is 1.45. The molecule has 3 atom stereocenters. The summed E-state index contributed by atoms with van der Waals surface area (Å²) in [6.07, 6.45) is 6.55. The number of fused-ring (bicyclic) bond motifs is 3. The topological polar surface area (TPSA) is 171 Å². The lowest BCUT2D eigenvalue weighted by molar-refractivity contribution is -0.142. The Balaban J connectivity index is 1.55. The van der Waals surface area contributed by atoms with Crippen molar-refractivity contribution in [2.45, 2.75) is 79.7 Å². The van der Waals surface area contributed by atoms with E-state index in [2.05, 4.69) is 25.9 Å². The van der Waals surface area contributed by atoms with Crippen LogP contribution in [0.3, 0.4) is 0 Å². The number of benzene rings is 2. The van der Waals surface area contributed by atoms with Crippen molar-refractivity contribution in [2.24, 2.45) is 11.5 Å². The zero-order valence-corrected chi connectivity index (χ0v) is 29.3. The predicted molar refractivity (Wildman–Crippen MR) is 194 cm³/mol. The molecule has 0 radical (unpaired) electrons. The number of halogens is 1. The molecule has 49 heavy (non-hydrogen) atoms. The Kier molecular flexibility index (Phi) is 13.1. The van der Waals surface area contributed by atoms with Crippen LogP contribution >= 0.6 is 23.4 Å². The van der Waals surface area contributed by atoms with E-state index in [0.29, 0.717) is 61.8 Å². The number of likely N-dealkylation sites (N-methyl/N-ethyl adjacent to an activating group) is 1. The summed E-state index contributed by atoms with van der Waals surface area (Å²) in [5.41, 5.74) is 15.2. The molecule has 0 saturated carbocycles. The Labute approximate surface area is 296 Å². The van der Waals surface area contributed by atoms with Gasteiger partial charge >= 0.3 is 0 Å². The molecular weight excluding hydrogens is 660 g/mol. The van der Waals surface area contributed by atoms with E-state index in [9.17, 15) is 14.4 Å². The van der Waals surface area contributed by atoms with Crippen LogP contribution in [0.1, 0.15) is 48.8 Å². The predicted octanol–water partition coefficient (Wildman–Crippen LogP) is 3.88. The van der Waals surface area contributed by atoms with Gasteiger partial charge in [0.1, 0.15) is 17.1 Å². The molecule has 11 nitrogen and oxygen atoms in total. The third-order valence-electron chi connectivity index (χ3n) is 8.84. The summed E-state index contributed by atoms with van der Waals surface area (Å²) < 4.78 is 0. The van der Waals surface area contributed by atoms with E-state index >= 15 is 0 Å². The smallest absolute Gasteiger partial charge is 0.245 e. The number of aromatic amines is 1. The van der Waals surface area contributed by atoms with Gasteiger partial charge in [-0.05, 0) is 74.5 Å². The molecule has 5 rings (SSSR count). The van der Waals surface area contributed by atoms with Gasteiger partial charge in [0.05, 0.1) is 11.1 Å². The molecule has 0 unspecified atom stereocenters. The fourth-order valence-electron chi connectivity index (χ4n) is 6.06. The van der Waals surface area contributed by atoms with Gasteiger partial charge in [0.25, 0.3) is 0 Å². The first-order valence-corrected chi connectivity index (χ1v) is 17.9. The Morgan fingerprint density at radius 3 is 2.49 bits per heavy atom. The molecule has 2 aromatic heterocycles. The molecule has 3 amide bonds. The van der Waals surface area contributed by atoms with Crippen molar-refractivity contribution in [3.8, 4) is 0 Å². The summed E-state index contributed by atoms with van der Waals surface area (Å²) in [5, 5.41) is 11.6. The lowest BCUT2D eigenvalue weighted by Crippen LogP contribution is -2.57. The van der Waals surface area contributed by atoms with Gasteiger partial charge in [0.15, 0.2) is 0 Å². The monoisotopic (exact) mass is 704 g/mol. The zero-order chi connectivity index (χ0) is 34.8. The van der Waals surface area contributed by atoms with Crippen LogP contribution in [0.4, 0.5) is 0 Å². The van der Waals surface area contributed by atoms with Crippen LogP contribution in [0.25, 0.3) is 10.9 Å². The van der Waals surface area contributed by atoms with Gasteiger partial charge in [-0.2, -0.15) is 0 Å². The first-order chi connectivity index (χ1) is 23.8. The Hall–Kier alpha value is -3.94. The summed E-state index contributed by atoms with van der Waals surface area (Å²) in [5.74, 6) is -0.976. The van der Waals surface area contributed by atoms with Crippen molar-refractivity contribution in [1.82, 2.24) is 30.8 Å². The Bertz CT molecular complexity index is 1750. The van der Waals surface area contributed by atoms with Crippen LogP contribution in [-0.4, -0.2) is 70.9 Å². The van der Waals surface area contributed by atoms with Crippen molar-refractivity contribution in [1.29, 1.82) is 0 Å². The van der Waals surface area contributed by atoms with E-state index in [-0.39, 0.29) is 30.7 Å². The van der Waals surface area contributed by atoms with Crippen molar-refractivity contribution in [2.75, 3.05) is 20.1 Å². The number of nitrogens with zero attached hydrogens (tertiary/aromatic N) is 2. The highest BCUT2D eigenvalue weighted by Gasteiger charge is 2.34. The molecule has 0 spiro atoms. The molecule has 1 aliphatic heterocycles. The second-order valence-electron chi connectivity index (χ2n) is 12.3. The van der Waals surface area contributed by atoms with E-state index in [4.69, 9.17) is 23.1 Å². The van der Waals surface area contributed by atoms with Crippen LogP contribution in [0.2, 0.25) is 5.02 Å². The van der Waals surface area contributed by atoms with Crippen molar-refractivity contribution in [3.05, 3.63) is 88.7 Å². The maximum atomic E-state index is 14.3. The second-order valence-corrected chi connectivity index (χ2v) is 13.8. The quantitative estimate of drug-likeness (QED) is 0.143. The van der Waals surface area contributed by atoms with Gasteiger partial charge in [0, 0.05) is 60.3 Å². The van der Waals surface area contributed by atoms with Crippen LogP contribution in [0.5, 0.6) is 0 Å². The maximum absolute atomic E-state index is 14.3. The Morgan fingerprint density at radius 2 is 1.67 bits per heavy atom.